The summed E-state index contributed by atoms with van der Waals surface area (Å²) in [5.41, 5.74) is -5.27. The summed E-state index contributed by atoms with van der Waals surface area (Å²) < 4.78 is 174. The van der Waals surface area contributed by atoms with E-state index in [1.54, 1.807) is 0 Å². The lowest BCUT2D eigenvalue weighted by Crippen LogP contribution is -2.35. The molecule has 0 nitrogen and oxygen atoms in total. The van der Waals surface area contributed by atoms with Gasteiger partial charge < -0.3 is 0 Å². The minimum absolute atomic E-state index is 0.0348. The van der Waals surface area contributed by atoms with Crippen molar-refractivity contribution in [2.24, 2.45) is 0 Å². The summed E-state index contributed by atoms with van der Waals surface area (Å²) >= 11 is 0. The molecule has 0 bridgehead atoms. The first-order valence-electron chi connectivity index (χ1n) is 13.6. The van der Waals surface area contributed by atoms with Crippen LogP contribution in [-0.4, -0.2) is 5.40 Å². The second kappa shape index (κ2) is 13.6. The first-order valence-corrected chi connectivity index (χ1v) is 16.4. The maximum absolute atomic E-state index is 14.5. The maximum Gasteiger partial charge on any atom is 0.417 e. The molecule has 0 amide bonds. The Morgan fingerprint density at radius 1 is 0.413 bits per heavy atom. The summed E-state index contributed by atoms with van der Waals surface area (Å²) in [6.07, 6.45) is -20.6. The van der Waals surface area contributed by atoms with Crippen LogP contribution in [0.2, 0.25) is 0 Å². The predicted molar refractivity (Wildman–Crippen MR) is 157 cm³/mol. The fraction of sp³-hybridized carbons (Fsp3) is 0.250. The van der Waals surface area contributed by atoms with Crippen LogP contribution in [0.1, 0.15) is 42.0 Å². The Labute approximate surface area is 259 Å². The highest BCUT2D eigenvalue weighted by Crippen LogP contribution is 2.61. The van der Waals surface area contributed by atoms with Gasteiger partial charge in [-0.1, -0.05) is 86.1 Å². The third-order valence-corrected chi connectivity index (χ3v) is 13.7. The molecule has 0 atom stereocenters. The lowest BCUT2D eigenvalue weighted by Gasteiger charge is -2.39. The largest absolute Gasteiger partial charge is 0.417 e. The highest BCUT2D eigenvalue weighted by molar-refractivity contribution is 7.89. The highest BCUT2D eigenvalue weighted by Gasteiger charge is 2.47. The summed E-state index contributed by atoms with van der Waals surface area (Å²) in [5, 5.41) is -4.03. The van der Waals surface area contributed by atoms with E-state index in [1.165, 1.54) is 6.92 Å². The highest BCUT2D eigenvalue weighted by atomic mass is 31.2. The van der Waals surface area contributed by atoms with Crippen LogP contribution in [0.15, 0.2) is 97.1 Å². The molecule has 0 unspecified atom stereocenters. The second-order valence-corrected chi connectivity index (χ2v) is 15.1. The van der Waals surface area contributed by atoms with Crippen molar-refractivity contribution >= 4 is 37.1 Å². The second-order valence-electron chi connectivity index (χ2n) is 10.1. The Kier molecular flexibility index (Phi) is 10.5. The molecule has 0 saturated heterocycles. The van der Waals surface area contributed by atoms with Crippen LogP contribution in [0.4, 0.5) is 52.7 Å². The van der Waals surface area contributed by atoms with Crippen molar-refractivity contribution in [3.63, 3.8) is 0 Å². The van der Waals surface area contributed by atoms with E-state index in [0.717, 1.165) is 72.8 Å². The van der Waals surface area contributed by atoms with E-state index in [9.17, 15) is 52.7 Å². The Bertz CT molecular complexity index is 1400. The molecule has 0 aliphatic heterocycles. The lowest BCUT2D eigenvalue weighted by molar-refractivity contribution is -0.137. The van der Waals surface area contributed by atoms with Crippen molar-refractivity contribution in [3.05, 3.63) is 119 Å². The van der Waals surface area contributed by atoms with Gasteiger partial charge in [-0.25, -0.2) is 0 Å². The van der Waals surface area contributed by atoms with Gasteiger partial charge in [0.1, 0.15) is 0 Å². The quantitative estimate of drug-likeness (QED) is 0.127. The van der Waals surface area contributed by atoms with Crippen LogP contribution in [0.3, 0.4) is 0 Å². The summed E-state index contributed by atoms with van der Waals surface area (Å²) in [6.45, 7) is 1.52. The topological polar surface area (TPSA) is 0 Å². The lowest BCUT2D eigenvalue weighted by atomic mass is 10.2. The molecule has 0 radical (unpaired) electrons. The molecule has 246 valence electrons. The number of hydrogen-bond acceptors (Lipinski definition) is 0. The number of hydrogen-bond donors (Lipinski definition) is 0. The molecule has 14 heteroatoms. The monoisotopic (exact) mass is 698 g/mol. The number of benzene rings is 4. The van der Waals surface area contributed by atoms with Crippen molar-refractivity contribution in [3.8, 4) is 0 Å². The molecular formula is C32H24F12P2. The third-order valence-electron chi connectivity index (χ3n) is 7.02. The molecule has 46 heavy (non-hydrogen) atoms. The molecule has 0 fully saturated rings. The van der Waals surface area contributed by atoms with E-state index in [0.29, 0.717) is 24.3 Å². The zero-order chi connectivity index (χ0) is 34.1. The summed E-state index contributed by atoms with van der Waals surface area (Å²) in [4.78, 5) is 0. The van der Waals surface area contributed by atoms with Crippen LogP contribution >= 0.6 is 15.8 Å². The fourth-order valence-electron chi connectivity index (χ4n) is 5.23. The number of halogens is 12. The molecule has 0 heterocycles. The average molecular weight is 698 g/mol. The molecule has 0 aliphatic carbocycles. The van der Waals surface area contributed by atoms with Crippen molar-refractivity contribution in [2.75, 3.05) is 0 Å². The van der Waals surface area contributed by atoms with Gasteiger partial charge in [-0.15, -0.1) is 0 Å². The summed E-state index contributed by atoms with van der Waals surface area (Å²) in [5.74, 6) is 0. The standard InChI is InChI=1S/C32H24F12P2/c1-2-11-28(45(24-16-7-3-12-20(24)29(33,34)35)25-17-8-4-13-21(25)30(36,37)38)46(26-18-9-5-14-22(26)31(39,40)41)27-19-10-6-15-23(27)32(42,43)44/h3-10,12-19,28H,2,11H2,1H3. The van der Waals surface area contributed by atoms with Gasteiger partial charge in [0.05, 0.1) is 22.3 Å². The Balaban J connectivity index is 2.23. The fourth-order valence-corrected chi connectivity index (χ4v) is 13.3. The molecule has 0 aromatic heterocycles. The van der Waals surface area contributed by atoms with Crippen molar-refractivity contribution in [2.45, 2.75) is 49.9 Å². The predicted octanol–water partition coefficient (Wildman–Crippen LogP) is 10.5. The van der Waals surface area contributed by atoms with Gasteiger partial charge >= 0.3 is 24.7 Å². The number of rotatable bonds is 8. The summed E-state index contributed by atoms with van der Waals surface area (Å²) in [6, 6.07) is 15.2. The molecule has 0 aliphatic rings. The number of alkyl halides is 12. The zero-order valence-electron chi connectivity index (χ0n) is 23.7. The minimum Gasteiger partial charge on any atom is -0.166 e. The van der Waals surface area contributed by atoms with Gasteiger partial charge in [0.25, 0.3) is 0 Å². The van der Waals surface area contributed by atoms with Crippen molar-refractivity contribution < 1.29 is 52.7 Å². The normalized spacial score (nSPS) is 13.2. The molecule has 0 N–H and O–H groups in total. The molecule has 4 aromatic carbocycles. The van der Waals surface area contributed by atoms with E-state index in [1.807, 2.05) is 0 Å². The molecule has 0 spiro atoms. The van der Waals surface area contributed by atoms with Gasteiger partial charge in [-0.05, 0) is 67.7 Å². The van der Waals surface area contributed by atoms with Crippen LogP contribution in [0.5, 0.6) is 0 Å². The van der Waals surface area contributed by atoms with Crippen LogP contribution in [-0.2, 0) is 24.7 Å². The van der Waals surface area contributed by atoms with Crippen LogP contribution in [0.25, 0.3) is 0 Å². The van der Waals surface area contributed by atoms with Gasteiger partial charge in [-0.3, -0.25) is 0 Å². The van der Waals surface area contributed by atoms with Gasteiger partial charge in [0.2, 0.25) is 0 Å². The van der Waals surface area contributed by atoms with Gasteiger partial charge in [0.15, 0.2) is 0 Å². The van der Waals surface area contributed by atoms with Crippen molar-refractivity contribution in [1.29, 1.82) is 0 Å². The SMILES string of the molecule is CCCC(P(c1ccccc1C(F)(F)F)c1ccccc1C(F)(F)F)P(c1ccccc1C(F)(F)F)c1ccccc1C(F)(F)F. The third kappa shape index (κ3) is 7.71. The first kappa shape index (κ1) is 35.7. The molecule has 4 rings (SSSR count). The van der Waals surface area contributed by atoms with E-state index in [4.69, 9.17) is 0 Å². The minimum atomic E-state index is -5.10. The van der Waals surface area contributed by atoms with E-state index in [2.05, 4.69) is 0 Å². The molecule has 0 saturated carbocycles. The van der Waals surface area contributed by atoms with E-state index < -0.39 is 89.4 Å². The van der Waals surface area contributed by atoms with E-state index >= 15 is 0 Å². The molecule has 4 aromatic rings. The van der Waals surface area contributed by atoms with Crippen LogP contribution < -0.4 is 21.2 Å². The first-order chi connectivity index (χ1) is 21.4. The Morgan fingerprint density at radius 2 is 0.630 bits per heavy atom. The smallest absolute Gasteiger partial charge is 0.166 e. The zero-order valence-corrected chi connectivity index (χ0v) is 25.4. The average Bonchev–Trinajstić information content (AvgIpc) is 2.96. The summed E-state index contributed by atoms with van der Waals surface area (Å²) in [7, 11) is -5.84. The van der Waals surface area contributed by atoms with Gasteiger partial charge in [0, 0.05) is 5.40 Å². The van der Waals surface area contributed by atoms with Crippen LogP contribution in [0, 0.1) is 0 Å². The maximum atomic E-state index is 14.5. The Hall–Kier alpha value is -3.10. The van der Waals surface area contributed by atoms with Gasteiger partial charge in [-0.2, -0.15) is 52.7 Å². The molecular weight excluding hydrogens is 674 g/mol. The van der Waals surface area contributed by atoms with E-state index in [-0.39, 0.29) is 12.8 Å². The van der Waals surface area contributed by atoms with Crippen molar-refractivity contribution in [1.82, 2.24) is 0 Å². The Morgan fingerprint density at radius 3 is 0.826 bits per heavy atom.